The van der Waals surface area contributed by atoms with E-state index >= 15 is 0 Å². The monoisotopic (exact) mass is 286 g/mol. The van der Waals surface area contributed by atoms with E-state index in [-0.39, 0.29) is 0 Å². The summed E-state index contributed by atoms with van der Waals surface area (Å²) in [4.78, 5) is 7.02. The smallest absolute Gasteiger partial charge is 0.155 e. The Morgan fingerprint density at radius 1 is 1.24 bits per heavy atom. The highest BCUT2D eigenvalue weighted by molar-refractivity contribution is 5.40. The van der Waals surface area contributed by atoms with Crippen molar-refractivity contribution in [3.63, 3.8) is 0 Å². The Hall–Kier alpha value is -1.46. The molecular weight excluding hydrogens is 264 g/mol. The molecule has 0 amide bonds. The number of aromatic nitrogens is 3. The van der Waals surface area contributed by atoms with E-state index in [2.05, 4.69) is 27.1 Å². The quantitative estimate of drug-likeness (QED) is 0.847. The van der Waals surface area contributed by atoms with Gasteiger partial charge in [-0.25, -0.2) is 9.50 Å². The summed E-state index contributed by atoms with van der Waals surface area (Å²) in [6.07, 6.45) is 5.52. The van der Waals surface area contributed by atoms with E-state index in [1.165, 1.54) is 38.0 Å². The van der Waals surface area contributed by atoms with Gasteiger partial charge in [0.2, 0.25) is 0 Å². The molecule has 2 aromatic rings. The van der Waals surface area contributed by atoms with Crippen LogP contribution in [-0.2, 0) is 4.74 Å². The van der Waals surface area contributed by atoms with Gasteiger partial charge < -0.3 is 4.74 Å². The van der Waals surface area contributed by atoms with Crippen LogP contribution in [0.2, 0.25) is 0 Å². The third kappa shape index (κ3) is 2.45. The van der Waals surface area contributed by atoms with Crippen LogP contribution in [0.3, 0.4) is 0 Å². The van der Waals surface area contributed by atoms with Gasteiger partial charge in [0.1, 0.15) is 0 Å². The number of aryl methyl sites for hydroxylation is 1. The average Bonchev–Trinajstić information content (AvgIpc) is 3.15. The largest absolute Gasteiger partial charge is 0.380 e. The van der Waals surface area contributed by atoms with Crippen molar-refractivity contribution in [3.8, 4) is 0 Å². The summed E-state index contributed by atoms with van der Waals surface area (Å²) < 4.78 is 7.55. The van der Waals surface area contributed by atoms with Crippen molar-refractivity contribution in [3.05, 3.63) is 29.7 Å². The van der Waals surface area contributed by atoms with Crippen molar-refractivity contribution >= 4 is 5.65 Å². The Balaban J connectivity index is 1.52. The highest BCUT2D eigenvalue weighted by atomic mass is 16.5. The molecule has 4 rings (SSSR count). The molecule has 2 saturated heterocycles. The molecule has 5 nitrogen and oxygen atoms in total. The third-order valence-electron chi connectivity index (χ3n) is 4.88. The lowest BCUT2D eigenvalue weighted by molar-refractivity contribution is 0.121. The second-order valence-corrected chi connectivity index (χ2v) is 6.25. The SMILES string of the molecule is Cc1cc2nccc(C3CCN([C@H]4CCOC4)CC3)n2n1. The van der Waals surface area contributed by atoms with E-state index in [4.69, 9.17) is 4.74 Å². The molecule has 4 heterocycles. The molecule has 0 N–H and O–H groups in total. The first-order chi connectivity index (χ1) is 10.3. The van der Waals surface area contributed by atoms with Crippen LogP contribution in [0.25, 0.3) is 5.65 Å². The normalized spacial score (nSPS) is 24.9. The fourth-order valence-corrected chi connectivity index (χ4v) is 3.71. The molecule has 0 bridgehead atoms. The number of nitrogens with zero attached hydrogens (tertiary/aromatic N) is 4. The summed E-state index contributed by atoms with van der Waals surface area (Å²) in [6.45, 7) is 6.22. The van der Waals surface area contributed by atoms with E-state index in [0.717, 1.165) is 24.6 Å². The molecule has 2 aliphatic rings. The van der Waals surface area contributed by atoms with Gasteiger partial charge in [0.25, 0.3) is 0 Å². The highest BCUT2D eigenvalue weighted by Gasteiger charge is 2.29. The molecule has 0 aromatic carbocycles. The lowest BCUT2D eigenvalue weighted by Gasteiger charge is -2.35. The van der Waals surface area contributed by atoms with Gasteiger partial charge in [-0.05, 0) is 45.3 Å². The Bertz CT molecular complexity index is 624. The van der Waals surface area contributed by atoms with Gasteiger partial charge in [0.05, 0.1) is 12.3 Å². The molecule has 0 radical (unpaired) electrons. The number of likely N-dealkylation sites (tertiary alicyclic amines) is 1. The number of piperidine rings is 1. The molecule has 5 heteroatoms. The van der Waals surface area contributed by atoms with Gasteiger partial charge in [0, 0.05) is 36.5 Å². The molecule has 1 atom stereocenters. The maximum absolute atomic E-state index is 5.52. The lowest BCUT2D eigenvalue weighted by Crippen LogP contribution is -2.41. The number of rotatable bonds is 2. The summed E-state index contributed by atoms with van der Waals surface area (Å²) in [5.41, 5.74) is 3.32. The first-order valence-electron chi connectivity index (χ1n) is 7.94. The Morgan fingerprint density at radius 3 is 2.86 bits per heavy atom. The highest BCUT2D eigenvalue weighted by Crippen LogP contribution is 2.30. The van der Waals surface area contributed by atoms with Gasteiger partial charge >= 0.3 is 0 Å². The van der Waals surface area contributed by atoms with Gasteiger partial charge in [-0.2, -0.15) is 5.10 Å². The molecule has 0 saturated carbocycles. The van der Waals surface area contributed by atoms with Crippen molar-refractivity contribution in [1.29, 1.82) is 0 Å². The molecule has 0 aliphatic carbocycles. The maximum atomic E-state index is 5.52. The predicted octanol–water partition coefficient (Wildman–Crippen LogP) is 2.01. The summed E-state index contributed by atoms with van der Waals surface area (Å²) in [7, 11) is 0. The molecule has 0 spiro atoms. The first-order valence-corrected chi connectivity index (χ1v) is 7.94. The van der Waals surface area contributed by atoms with Crippen molar-refractivity contribution in [2.75, 3.05) is 26.3 Å². The fourth-order valence-electron chi connectivity index (χ4n) is 3.71. The Morgan fingerprint density at radius 2 is 2.10 bits per heavy atom. The second-order valence-electron chi connectivity index (χ2n) is 6.25. The zero-order chi connectivity index (χ0) is 14.2. The molecule has 112 valence electrons. The van der Waals surface area contributed by atoms with Crippen LogP contribution in [0.1, 0.15) is 36.6 Å². The molecule has 0 unspecified atom stereocenters. The van der Waals surface area contributed by atoms with E-state index in [9.17, 15) is 0 Å². The van der Waals surface area contributed by atoms with Crippen molar-refractivity contribution < 1.29 is 4.74 Å². The second kappa shape index (κ2) is 5.39. The van der Waals surface area contributed by atoms with E-state index in [1.807, 2.05) is 17.6 Å². The number of hydrogen-bond acceptors (Lipinski definition) is 4. The van der Waals surface area contributed by atoms with Crippen LogP contribution in [0.15, 0.2) is 18.3 Å². The van der Waals surface area contributed by atoms with Crippen LogP contribution in [0, 0.1) is 6.92 Å². The summed E-state index contributed by atoms with van der Waals surface area (Å²) in [5, 5.41) is 4.61. The minimum absolute atomic E-state index is 0.591. The summed E-state index contributed by atoms with van der Waals surface area (Å²) in [5.74, 6) is 0.591. The van der Waals surface area contributed by atoms with E-state index < -0.39 is 0 Å². The molecule has 2 fully saturated rings. The van der Waals surface area contributed by atoms with Crippen molar-refractivity contribution in [2.24, 2.45) is 0 Å². The average molecular weight is 286 g/mol. The zero-order valence-electron chi connectivity index (χ0n) is 12.5. The van der Waals surface area contributed by atoms with Crippen LogP contribution in [-0.4, -0.2) is 51.8 Å². The van der Waals surface area contributed by atoms with Gasteiger partial charge in [-0.1, -0.05) is 0 Å². The minimum Gasteiger partial charge on any atom is -0.380 e. The molecular formula is C16H22N4O. The van der Waals surface area contributed by atoms with Crippen molar-refractivity contribution in [2.45, 2.75) is 38.1 Å². The van der Waals surface area contributed by atoms with Crippen LogP contribution in [0.4, 0.5) is 0 Å². The van der Waals surface area contributed by atoms with Gasteiger partial charge in [-0.3, -0.25) is 4.90 Å². The minimum atomic E-state index is 0.591. The summed E-state index contributed by atoms with van der Waals surface area (Å²) >= 11 is 0. The zero-order valence-corrected chi connectivity index (χ0v) is 12.5. The van der Waals surface area contributed by atoms with Gasteiger partial charge in [-0.15, -0.1) is 0 Å². The number of ether oxygens (including phenoxy) is 1. The Labute approximate surface area is 124 Å². The standard InChI is InChI=1S/C16H22N4O/c1-12-10-16-17-6-2-15(20(16)18-12)13-3-7-19(8-4-13)14-5-9-21-11-14/h2,6,10,13-14H,3-5,7-9,11H2,1H3/t14-/m0/s1. The fraction of sp³-hybridized carbons (Fsp3) is 0.625. The summed E-state index contributed by atoms with van der Waals surface area (Å²) in [6, 6.07) is 4.84. The van der Waals surface area contributed by atoms with Crippen LogP contribution in [0.5, 0.6) is 0 Å². The van der Waals surface area contributed by atoms with Gasteiger partial charge in [0.15, 0.2) is 5.65 Å². The third-order valence-corrected chi connectivity index (χ3v) is 4.88. The maximum Gasteiger partial charge on any atom is 0.155 e. The first kappa shape index (κ1) is 13.2. The number of hydrogen-bond donors (Lipinski definition) is 0. The molecule has 2 aliphatic heterocycles. The van der Waals surface area contributed by atoms with E-state index in [1.54, 1.807) is 0 Å². The number of fused-ring (bicyclic) bond motifs is 1. The van der Waals surface area contributed by atoms with Crippen molar-refractivity contribution in [1.82, 2.24) is 19.5 Å². The topological polar surface area (TPSA) is 42.7 Å². The van der Waals surface area contributed by atoms with Crippen LogP contribution < -0.4 is 0 Å². The predicted molar refractivity (Wildman–Crippen MR) is 80.5 cm³/mol. The van der Waals surface area contributed by atoms with E-state index in [0.29, 0.717) is 12.0 Å². The molecule has 2 aromatic heterocycles. The Kier molecular flexibility index (Phi) is 3.39. The van der Waals surface area contributed by atoms with Crippen LogP contribution >= 0.6 is 0 Å². The molecule has 21 heavy (non-hydrogen) atoms. The lowest BCUT2D eigenvalue weighted by atomic mass is 9.92.